The smallest absolute Gasteiger partial charge is 0.258 e. The number of hydrogen-bond acceptors (Lipinski definition) is 3. The second-order valence-electron chi connectivity index (χ2n) is 9.99. The normalized spacial score (nSPS) is 12.9. The molecule has 4 aromatic carbocycles. The average molecular weight is 599 g/mol. The molecule has 0 aliphatic carbocycles. The second-order valence-corrected chi connectivity index (χ2v) is 10.9. The van der Waals surface area contributed by atoms with Gasteiger partial charge in [-0.05, 0) is 54.1 Å². The highest BCUT2D eigenvalue weighted by Gasteiger charge is 2.32. The topological polar surface area (TPSA) is 69.7 Å². The van der Waals surface area contributed by atoms with E-state index in [-0.39, 0.29) is 24.1 Å². The van der Waals surface area contributed by atoms with Crippen molar-refractivity contribution in [1.29, 1.82) is 0 Å². The summed E-state index contributed by atoms with van der Waals surface area (Å²) in [5, 5.41) is 4.94. The van der Waals surface area contributed by atoms with E-state index in [1.807, 2.05) is 97.9 Å². The van der Waals surface area contributed by atoms with Crippen LogP contribution in [-0.4, -0.2) is 41.8 Å². The quantitative estimate of drug-likeness (QED) is 0.226. The maximum Gasteiger partial charge on any atom is 0.258 e. The monoisotopic (exact) mass is 597 g/mol. The molecule has 204 valence electrons. The van der Waals surface area contributed by atoms with Gasteiger partial charge >= 0.3 is 0 Å². The number of halogens is 1. The fraction of sp³-hybridized carbons (Fsp3) is 0.242. The Morgan fingerprint density at radius 3 is 2.35 bits per heavy atom. The average Bonchev–Trinajstić information content (AvgIpc) is 3.24. The van der Waals surface area contributed by atoms with Crippen LogP contribution in [0.3, 0.4) is 0 Å². The predicted molar refractivity (Wildman–Crippen MR) is 162 cm³/mol. The summed E-state index contributed by atoms with van der Waals surface area (Å²) in [5.74, 6) is -0.318. The van der Waals surface area contributed by atoms with Gasteiger partial charge in [-0.2, -0.15) is 0 Å². The summed E-state index contributed by atoms with van der Waals surface area (Å²) in [5.41, 5.74) is 3.52. The molecule has 0 saturated carbocycles. The van der Waals surface area contributed by atoms with E-state index in [1.165, 1.54) is 0 Å². The van der Waals surface area contributed by atoms with Crippen molar-refractivity contribution >= 4 is 50.1 Å². The highest BCUT2D eigenvalue weighted by atomic mass is 79.9. The van der Waals surface area contributed by atoms with Crippen LogP contribution < -0.4 is 10.2 Å². The Morgan fingerprint density at radius 2 is 1.62 bits per heavy atom. The van der Waals surface area contributed by atoms with Crippen LogP contribution in [0.4, 0.5) is 5.69 Å². The molecule has 1 atom stereocenters. The minimum Gasteiger partial charge on any atom is -0.355 e. The van der Waals surface area contributed by atoms with E-state index in [2.05, 4.69) is 21.2 Å². The zero-order chi connectivity index (χ0) is 28.1. The molecule has 6 nitrogen and oxygen atoms in total. The fourth-order valence-electron chi connectivity index (χ4n) is 5.37. The summed E-state index contributed by atoms with van der Waals surface area (Å²) in [6, 6.07) is 28.6. The first-order valence-corrected chi connectivity index (χ1v) is 14.4. The lowest BCUT2D eigenvalue weighted by Crippen LogP contribution is -2.50. The number of anilines is 1. The molecular formula is C33H32BrN3O3. The summed E-state index contributed by atoms with van der Waals surface area (Å²) in [4.78, 5) is 43.9. The zero-order valence-corrected chi connectivity index (χ0v) is 24.1. The Kier molecular flexibility index (Phi) is 8.60. The van der Waals surface area contributed by atoms with E-state index in [4.69, 9.17) is 0 Å². The van der Waals surface area contributed by atoms with E-state index in [0.717, 1.165) is 32.1 Å². The van der Waals surface area contributed by atoms with Crippen molar-refractivity contribution in [3.05, 3.63) is 112 Å². The third-order valence-corrected chi connectivity index (χ3v) is 7.84. The van der Waals surface area contributed by atoms with Gasteiger partial charge in [0.05, 0.1) is 5.69 Å². The lowest BCUT2D eigenvalue weighted by molar-refractivity contribution is -0.141. The van der Waals surface area contributed by atoms with Gasteiger partial charge in [0, 0.05) is 47.9 Å². The number of carbonyl (C=O) groups is 3. The summed E-state index contributed by atoms with van der Waals surface area (Å²) in [7, 11) is 0. The molecule has 0 radical (unpaired) electrons. The summed E-state index contributed by atoms with van der Waals surface area (Å²) in [6.45, 7) is 3.10. The molecule has 0 saturated heterocycles. The van der Waals surface area contributed by atoms with Gasteiger partial charge in [0.25, 0.3) is 5.91 Å². The van der Waals surface area contributed by atoms with Gasteiger partial charge in [-0.25, -0.2) is 0 Å². The standard InChI is InChI=1S/C33H32BrN3O3/c1-2-35-32(39)29(21-23-9-4-3-5-10-23)37(22-24-16-18-26(34)19-17-24)30(38)15-8-20-36-28-14-7-12-25-11-6-13-27(31(25)28)33(36)40/h3-7,9-14,16-19,29H,2,8,15,20-22H2,1H3,(H,35,39)/t29-/m0/s1. The molecule has 3 amide bonds. The van der Waals surface area contributed by atoms with Gasteiger partial charge in [-0.1, -0.05) is 82.7 Å². The number of nitrogens with zero attached hydrogens (tertiary/aromatic N) is 2. The molecule has 7 heteroatoms. The highest BCUT2D eigenvalue weighted by Crippen LogP contribution is 2.37. The van der Waals surface area contributed by atoms with Crippen molar-refractivity contribution < 1.29 is 14.4 Å². The number of benzene rings is 4. The molecule has 5 rings (SSSR count). The first-order valence-electron chi connectivity index (χ1n) is 13.7. The minimum atomic E-state index is -0.662. The highest BCUT2D eigenvalue weighted by molar-refractivity contribution is 9.10. The Balaban J connectivity index is 1.36. The lowest BCUT2D eigenvalue weighted by Gasteiger charge is -2.32. The molecular weight excluding hydrogens is 566 g/mol. The van der Waals surface area contributed by atoms with Gasteiger partial charge in [0.1, 0.15) is 6.04 Å². The molecule has 0 fully saturated rings. The van der Waals surface area contributed by atoms with Crippen molar-refractivity contribution in [3.63, 3.8) is 0 Å². The van der Waals surface area contributed by atoms with E-state index < -0.39 is 6.04 Å². The molecule has 0 unspecified atom stereocenters. The van der Waals surface area contributed by atoms with Gasteiger partial charge in [-0.3, -0.25) is 14.4 Å². The van der Waals surface area contributed by atoms with Crippen LogP contribution in [0.15, 0.2) is 95.5 Å². The van der Waals surface area contributed by atoms with Gasteiger partial charge in [-0.15, -0.1) is 0 Å². The number of rotatable bonds is 11. The van der Waals surface area contributed by atoms with Crippen LogP contribution in [0.25, 0.3) is 10.8 Å². The molecule has 1 aliphatic heterocycles. The number of nitrogens with one attached hydrogen (secondary N) is 1. The SMILES string of the molecule is CCNC(=O)[C@H](Cc1ccccc1)N(Cc1ccc(Br)cc1)C(=O)CCCN1C(=O)c2cccc3cccc1c23. The van der Waals surface area contributed by atoms with E-state index in [9.17, 15) is 14.4 Å². The number of likely N-dealkylation sites (N-methyl/N-ethyl adjacent to an activating group) is 1. The molecule has 0 spiro atoms. The van der Waals surface area contributed by atoms with Gasteiger partial charge in [0.2, 0.25) is 11.8 Å². The Bertz CT molecular complexity index is 1520. The van der Waals surface area contributed by atoms with Crippen LogP contribution in [0, 0.1) is 0 Å². The molecule has 0 aromatic heterocycles. The number of hydrogen-bond donors (Lipinski definition) is 1. The molecule has 1 heterocycles. The first kappa shape index (κ1) is 27.6. The summed E-state index contributed by atoms with van der Waals surface area (Å²) >= 11 is 3.47. The Labute approximate surface area is 243 Å². The third kappa shape index (κ3) is 5.94. The largest absolute Gasteiger partial charge is 0.355 e. The van der Waals surface area contributed by atoms with Crippen molar-refractivity contribution in [2.75, 3.05) is 18.0 Å². The van der Waals surface area contributed by atoms with Gasteiger partial charge < -0.3 is 15.1 Å². The Morgan fingerprint density at radius 1 is 0.900 bits per heavy atom. The van der Waals surface area contributed by atoms with Gasteiger partial charge in [0.15, 0.2) is 0 Å². The number of amides is 3. The molecule has 0 bridgehead atoms. The molecule has 4 aromatic rings. The van der Waals surface area contributed by atoms with E-state index in [1.54, 1.807) is 9.80 Å². The van der Waals surface area contributed by atoms with Crippen LogP contribution in [0.5, 0.6) is 0 Å². The first-order chi connectivity index (χ1) is 19.5. The summed E-state index contributed by atoms with van der Waals surface area (Å²) in [6.07, 6.45) is 1.12. The fourth-order valence-corrected chi connectivity index (χ4v) is 5.63. The maximum absolute atomic E-state index is 13.9. The molecule has 40 heavy (non-hydrogen) atoms. The van der Waals surface area contributed by atoms with E-state index >= 15 is 0 Å². The zero-order valence-electron chi connectivity index (χ0n) is 22.5. The van der Waals surface area contributed by atoms with E-state index in [0.29, 0.717) is 38.0 Å². The Hall–Kier alpha value is -3.97. The maximum atomic E-state index is 13.9. The summed E-state index contributed by atoms with van der Waals surface area (Å²) < 4.78 is 0.949. The third-order valence-electron chi connectivity index (χ3n) is 7.31. The van der Waals surface area contributed by atoms with Crippen LogP contribution in [-0.2, 0) is 22.6 Å². The van der Waals surface area contributed by atoms with Crippen molar-refractivity contribution in [2.45, 2.75) is 38.8 Å². The molecule has 1 aliphatic rings. The van der Waals surface area contributed by atoms with Crippen LogP contribution >= 0.6 is 15.9 Å². The minimum absolute atomic E-state index is 0.0322. The number of carbonyl (C=O) groups excluding carboxylic acids is 3. The second kappa shape index (κ2) is 12.5. The lowest BCUT2D eigenvalue weighted by atomic mass is 10.0. The predicted octanol–water partition coefficient (Wildman–Crippen LogP) is 6.12. The van der Waals surface area contributed by atoms with Crippen LogP contribution in [0.1, 0.15) is 41.3 Å². The van der Waals surface area contributed by atoms with Crippen molar-refractivity contribution in [1.82, 2.24) is 10.2 Å². The van der Waals surface area contributed by atoms with Crippen molar-refractivity contribution in [2.24, 2.45) is 0 Å². The molecule has 1 N–H and O–H groups in total. The van der Waals surface area contributed by atoms with Crippen LogP contribution in [0.2, 0.25) is 0 Å². The van der Waals surface area contributed by atoms with Crippen molar-refractivity contribution in [3.8, 4) is 0 Å².